The molecule has 0 bridgehead atoms. The maximum Gasteiger partial charge on any atom is 0.129 e. The minimum atomic E-state index is -0.902. The number of aromatic nitrogens is 2. The highest BCUT2D eigenvalue weighted by Crippen LogP contribution is 2.32. The number of anilines is 1. The van der Waals surface area contributed by atoms with E-state index in [2.05, 4.69) is 41.8 Å². The predicted octanol–water partition coefficient (Wildman–Crippen LogP) is 2.97. The molecule has 0 saturated heterocycles. The van der Waals surface area contributed by atoms with Crippen LogP contribution in [0, 0.1) is 6.92 Å². The number of nitrogen functional groups attached to an aromatic ring is 1. The van der Waals surface area contributed by atoms with Crippen LogP contribution in [-0.4, -0.2) is 15.1 Å². The van der Waals surface area contributed by atoms with Crippen molar-refractivity contribution < 1.29 is 5.11 Å². The van der Waals surface area contributed by atoms with Gasteiger partial charge in [0.2, 0.25) is 0 Å². The summed E-state index contributed by atoms with van der Waals surface area (Å²) in [6.45, 7) is 1.88. The molecule has 1 unspecified atom stereocenters. The molecule has 0 aliphatic rings. The number of aryl methyl sites for hydroxylation is 1. The molecule has 0 aliphatic heterocycles. The van der Waals surface area contributed by atoms with Crippen molar-refractivity contribution in [1.82, 2.24) is 9.97 Å². The molecular formula is C12H11Br2N3O. The van der Waals surface area contributed by atoms with Crippen LogP contribution in [0.2, 0.25) is 0 Å². The first-order valence-corrected chi connectivity index (χ1v) is 6.79. The lowest BCUT2D eigenvalue weighted by Crippen LogP contribution is -2.09. The first-order chi connectivity index (χ1) is 8.50. The third-order valence-corrected chi connectivity index (χ3v) is 3.68. The summed E-state index contributed by atoms with van der Waals surface area (Å²) in [4.78, 5) is 8.21. The Balaban J connectivity index is 2.51. The predicted molar refractivity (Wildman–Crippen MR) is 77.1 cm³/mol. The highest BCUT2D eigenvalue weighted by molar-refractivity contribution is 9.11. The highest BCUT2D eigenvalue weighted by Gasteiger charge is 2.20. The summed E-state index contributed by atoms with van der Waals surface area (Å²) < 4.78 is 1.55. The van der Waals surface area contributed by atoms with E-state index in [4.69, 9.17) is 5.73 Å². The summed E-state index contributed by atoms with van der Waals surface area (Å²) in [5.41, 5.74) is 7.80. The van der Waals surface area contributed by atoms with Crippen LogP contribution in [0.15, 0.2) is 33.5 Å². The van der Waals surface area contributed by atoms with E-state index in [0.29, 0.717) is 21.5 Å². The van der Waals surface area contributed by atoms with Crippen LogP contribution in [0.3, 0.4) is 0 Å². The second-order valence-corrected chi connectivity index (χ2v) is 5.62. The molecule has 0 spiro atoms. The Labute approximate surface area is 122 Å². The van der Waals surface area contributed by atoms with Crippen molar-refractivity contribution in [1.29, 1.82) is 0 Å². The number of nitrogens with zero attached hydrogens (tertiary/aromatic N) is 2. The van der Waals surface area contributed by atoms with Gasteiger partial charge in [-0.15, -0.1) is 0 Å². The average Bonchev–Trinajstić information content (AvgIpc) is 2.28. The van der Waals surface area contributed by atoms with Crippen LogP contribution in [-0.2, 0) is 0 Å². The Hall–Kier alpha value is -0.980. The standard InChI is InChI=1S/C12H11Br2N3O/c1-6-2-3-16-12(15)9(6)11(18)10-8(14)4-7(13)5-17-10/h2-5,11,18H,1H3,(H2,15,16). The molecule has 6 heteroatoms. The molecule has 0 saturated carbocycles. The number of aliphatic hydroxyl groups is 1. The Morgan fingerprint density at radius 2 is 2.06 bits per heavy atom. The van der Waals surface area contributed by atoms with E-state index in [9.17, 15) is 5.11 Å². The first kappa shape index (κ1) is 13.5. The lowest BCUT2D eigenvalue weighted by Gasteiger charge is -2.16. The SMILES string of the molecule is Cc1ccnc(N)c1C(O)c1ncc(Br)cc1Br. The second kappa shape index (κ2) is 5.34. The van der Waals surface area contributed by atoms with Crippen molar-refractivity contribution in [2.45, 2.75) is 13.0 Å². The molecule has 2 aromatic rings. The second-order valence-electron chi connectivity index (χ2n) is 3.85. The van der Waals surface area contributed by atoms with E-state index in [1.54, 1.807) is 12.4 Å². The van der Waals surface area contributed by atoms with Crippen molar-refractivity contribution in [3.63, 3.8) is 0 Å². The zero-order chi connectivity index (χ0) is 13.3. The van der Waals surface area contributed by atoms with Gasteiger partial charge < -0.3 is 10.8 Å². The number of nitrogens with two attached hydrogens (primary N) is 1. The summed E-state index contributed by atoms with van der Waals surface area (Å²) in [5.74, 6) is 0.319. The van der Waals surface area contributed by atoms with Gasteiger partial charge in [0.05, 0.1) is 5.69 Å². The van der Waals surface area contributed by atoms with Crippen LogP contribution in [0.1, 0.15) is 22.9 Å². The van der Waals surface area contributed by atoms with Gasteiger partial charge in [0.1, 0.15) is 11.9 Å². The average molecular weight is 373 g/mol. The number of hydrogen-bond acceptors (Lipinski definition) is 4. The number of hydrogen-bond donors (Lipinski definition) is 2. The van der Waals surface area contributed by atoms with Gasteiger partial charge >= 0.3 is 0 Å². The Morgan fingerprint density at radius 3 is 2.67 bits per heavy atom. The molecule has 0 fully saturated rings. The summed E-state index contributed by atoms with van der Waals surface area (Å²) in [6.07, 6.45) is 2.34. The van der Waals surface area contributed by atoms with Gasteiger partial charge in [-0.3, -0.25) is 4.98 Å². The molecule has 4 nitrogen and oxygen atoms in total. The molecule has 0 radical (unpaired) electrons. The van der Waals surface area contributed by atoms with E-state index in [0.717, 1.165) is 10.0 Å². The fourth-order valence-corrected chi connectivity index (χ4v) is 2.91. The molecule has 3 N–H and O–H groups in total. The summed E-state index contributed by atoms with van der Waals surface area (Å²) >= 11 is 6.70. The van der Waals surface area contributed by atoms with E-state index < -0.39 is 6.10 Å². The normalized spacial score (nSPS) is 12.4. The molecule has 0 amide bonds. The smallest absolute Gasteiger partial charge is 0.129 e. The summed E-state index contributed by atoms with van der Waals surface area (Å²) in [6, 6.07) is 3.63. The van der Waals surface area contributed by atoms with Crippen molar-refractivity contribution in [2.24, 2.45) is 0 Å². The minimum Gasteiger partial charge on any atom is -0.383 e. The first-order valence-electron chi connectivity index (χ1n) is 5.20. The van der Waals surface area contributed by atoms with Crippen molar-refractivity contribution in [3.05, 3.63) is 50.3 Å². The number of halogens is 2. The lowest BCUT2D eigenvalue weighted by atomic mass is 10.0. The Morgan fingerprint density at radius 1 is 1.33 bits per heavy atom. The Kier molecular flexibility index (Phi) is 3.99. The van der Waals surface area contributed by atoms with Crippen molar-refractivity contribution in [3.8, 4) is 0 Å². The van der Waals surface area contributed by atoms with E-state index in [-0.39, 0.29) is 0 Å². The van der Waals surface area contributed by atoms with Crippen LogP contribution in [0.4, 0.5) is 5.82 Å². The number of aliphatic hydroxyl groups excluding tert-OH is 1. The molecular weight excluding hydrogens is 362 g/mol. The molecule has 0 aliphatic carbocycles. The van der Waals surface area contributed by atoms with Crippen LogP contribution in [0.5, 0.6) is 0 Å². The summed E-state index contributed by atoms with van der Waals surface area (Å²) in [5, 5.41) is 10.4. The third kappa shape index (κ3) is 2.55. The molecule has 94 valence electrons. The minimum absolute atomic E-state index is 0.319. The van der Waals surface area contributed by atoms with Crippen molar-refractivity contribution in [2.75, 3.05) is 5.73 Å². The largest absolute Gasteiger partial charge is 0.383 e. The monoisotopic (exact) mass is 371 g/mol. The molecule has 2 rings (SSSR count). The van der Waals surface area contributed by atoms with Gasteiger partial charge in [-0.25, -0.2) is 4.98 Å². The van der Waals surface area contributed by atoms with Crippen LogP contribution >= 0.6 is 31.9 Å². The number of rotatable bonds is 2. The third-order valence-electron chi connectivity index (χ3n) is 2.61. The van der Waals surface area contributed by atoms with Gasteiger partial charge in [-0.2, -0.15) is 0 Å². The maximum absolute atomic E-state index is 10.4. The number of pyridine rings is 2. The van der Waals surface area contributed by atoms with E-state index in [1.165, 1.54) is 0 Å². The zero-order valence-electron chi connectivity index (χ0n) is 9.56. The highest BCUT2D eigenvalue weighted by atomic mass is 79.9. The fourth-order valence-electron chi connectivity index (χ4n) is 1.71. The van der Waals surface area contributed by atoms with Crippen molar-refractivity contribution >= 4 is 37.7 Å². The van der Waals surface area contributed by atoms with Gasteiger partial charge in [0.15, 0.2) is 0 Å². The molecule has 2 heterocycles. The van der Waals surface area contributed by atoms with Gasteiger partial charge in [0, 0.05) is 26.9 Å². The van der Waals surface area contributed by atoms with Gasteiger partial charge in [-0.1, -0.05) is 0 Å². The van der Waals surface area contributed by atoms with Gasteiger partial charge in [-0.05, 0) is 56.5 Å². The molecule has 1 atom stereocenters. The Bertz CT molecular complexity index is 569. The summed E-state index contributed by atoms with van der Waals surface area (Å²) in [7, 11) is 0. The van der Waals surface area contributed by atoms with E-state index in [1.807, 2.05) is 19.1 Å². The quantitative estimate of drug-likeness (QED) is 0.849. The van der Waals surface area contributed by atoms with Crippen LogP contribution < -0.4 is 5.73 Å². The molecule has 2 aromatic heterocycles. The van der Waals surface area contributed by atoms with E-state index >= 15 is 0 Å². The van der Waals surface area contributed by atoms with Crippen LogP contribution in [0.25, 0.3) is 0 Å². The fraction of sp³-hybridized carbons (Fsp3) is 0.167. The lowest BCUT2D eigenvalue weighted by molar-refractivity contribution is 0.214. The molecule has 18 heavy (non-hydrogen) atoms. The molecule has 0 aromatic carbocycles. The topological polar surface area (TPSA) is 72.0 Å². The van der Waals surface area contributed by atoms with Gasteiger partial charge in [0.25, 0.3) is 0 Å². The zero-order valence-corrected chi connectivity index (χ0v) is 12.7. The maximum atomic E-state index is 10.4.